The molecule has 15 heteroatoms. The van der Waals surface area contributed by atoms with Crippen LogP contribution < -0.4 is 15.5 Å². The molecule has 2 aromatic heterocycles. The molecule has 3 aromatic rings. The minimum Gasteiger partial charge on any atom is -0.378 e. The molecule has 3 fully saturated rings. The Bertz CT molecular complexity index is 1540. The van der Waals surface area contributed by atoms with Gasteiger partial charge in [0.1, 0.15) is 11.6 Å². The van der Waals surface area contributed by atoms with Crippen molar-refractivity contribution in [3.8, 4) is 5.82 Å². The molecule has 4 heterocycles. The second-order valence-corrected chi connectivity index (χ2v) is 13.6. The highest BCUT2D eigenvalue weighted by Crippen LogP contribution is 2.30. The third-order valence-electron chi connectivity index (χ3n) is 8.27. The van der Waals surface area contributed by atoms with Crippen LogP contribution in [0.3, 0.4) is 0 Å². The maximum atomic E-state index is 14.1. The number of carbonyl (C=O) groups is 1. The van der Waals surface area contributed by atoms with Gasteiger partial charge >= 0.3 is 0 Å². The Morgan fingerprint density at radius 1 is 0.953 bits per heavy atom. The number of anilines is 2. The van der Waals surface area contributed by atoms with Crippen LogP contribution in [0.25, 0.3) is 16.9 Å². The van der Waals surface area contributed by atoms with Crippen molar-refractivity contribution in [2.75, 3.05) is 67.7 Å². The van der Waals surface area contributed by atoms with Gasteiger partial charge < -0.3 is 20.3 Å². The second-order valence-electron chi connectivity index (χ2n) is 11.3. The summed E-state index contributed by atoms with van der Waals surface area (Å²) in [6.45, 7) is 3.30. The molecule has 1 aromatic carbocycles. The summed E-state index contributed by atoms with van der Waals surface area (Å²) in [6.07, 6.45) is 0.261. The number of fused-ring (bicyclic) bond motifs is 1. The van der Waals surface area contributed by atoms with Crippen LogP contribution in [0.5, 0.6) is 0 Å². The van der Waals surface area contributed by atoms with Gasteiger partial charge in [-0.05, 0) is 37.8 Å². The van der Waals surface area contributed by atoms with E-state index in [0.29, 0.717) is 68.0 Å². The summed E-state index contributed by atoms with van der Waals surface area (Å²) in [5, 5.41) is 6.52. The quantitative estimate of drug-likeness (QED) is 0.387. The van der Waals surface area contributed by atoms with Crippen LogP contribution in [0, 0.1) is 0 Å². The van der Waals surface area contributed by atoms with Crippen molar-refractivity contribution in [1.82, 2.24) is 29.7 Å². The number of aromatic nitrogens is 4. The van der Waals surface area contributed by atoms with Gasteiger partial charge in [-0.2, -0.15) is 9.97 Å². The Balaban J connectivity index is 1.15. The number of morpholine rings is 1. The number of alkyl halides is 2. The van der Waals surface area contributed by atoms with Gasteiger partial charge in [-0.15, -0.1) is 0 Å². The van der Waals surface area contributed by atoms with E-state index in [0.717, 1.165) is 25.7 Å². The molecule has 0 bridgehead atoms. The molecule has 0 radical (unpaired) electrons. The van der Waals surface area contributed by atoms with Crippen LogP contribution in [0.4, 0.5) is 20.5 Å². The Morgan fingerprint density at radius 3 is 2.35 bits per heavy atom. The molecule has 1 aliphatic carbocycles. The number of sulfone groups is 1. The monoisotopic (exact) mass is 618 g/mol. The van der Waals surface area contributed by atoms with Crippen LogP contribution >= 0.6 is 0 Å². The first-order valence-electron chi connectivity index (χ1n) is 14.7. The number of hydrogen-bond donors (Lipinski definition) is 2. The Morgan fingerprint density at radius 2 is 1.63 bits per heavy atom. The number of para-hydroxylation sites is 2. The van der Waals surface area contributed by atoms with E-state index in [1.54, 1.807) is 30.3 Å². The van der Waals surface area contributed by atoms with Crippen LogP contribution in [0.1, 0.15) is 37.9 Å². The lowest BCUT2D eigenvalue weighted by atomic mass is 9.91. The van der Waals surface area contributed by atoms with E-state index in [1.165, 1.54) is 4.57 Å². The van der Waals surface area contributed by atoms with Gasteiger partial charge in [-0.25, -0.2) is 22.2 Å². The fraction of sp³-hybridized carbons (Fsp3) is 0.571. The van der Waals surface area contributed by atoms with E-state index >= 15 is 0 Å². The molecule has 43 heavy (non-hydrogen) atoms. The van der Waals surface area contributed by atoms with Crippen molar-refractivity contribution in [2.24, 2.45) is 0 Å². The Labute approximate surface area is 248 Å². The fourth-order valence-electron chi connectivity index (χ4n) is 5.94. The minimum absolute atomic E-state index is 0.0288. The summed E-state index contributed by atoms with van der Waals surface area (Å²) in [7, 11) is -2.99. The van der Waals surface area contributed by atoms with E-state index in [9.17, 15) is 22.0 Å². The van der Waals surface area contributed by atoms with Crippen LogP contribution in [-0.2, 0) is 19.4 Å². The standard InChI is InChI=1S/C28H36F2N8O4S/c29-26(30)27-33-21-3-1-2-4-22(21)38(27)24-17-23(37-9-13-42-14-10-37)34-28(35-24)32-20-7-5-19(6-8-20)31-25(39)18-36-11-15-43(40,41)16-12-36/h1-4,17,19-20,26H,5-16,18H2,(H,31,39)(H,32,34,35). The summed E-state index contributed by atoms with van der Waals surface area (Å²) >= 11 is 0. The Hall–Kier alpha value is -3.43. The van der Waals surface area contributed by atoms with Gasteiger partial charge in [0.2, 0.25) is 11.9 Å². The highest BCUT2D eigenvalue weighted by Gasteiger charge is 2.28. The van der Waals surface area contributed by atoms with Crippen molar-refractivity contribution < 1.29 is 26.7 Å². The zero-order chi connectivity index (χ0) is 30.0. The molecule has 0 spiro atoms. The summed E-state index contributed by atoms with van der Waals surface area (Å²) in [5.41, 5.74) is 1.00. The molecule has 2 saturated heterocycles. The maximum absolute atomic E-state index is 14.1. The van der Waals surface area contributed by atoms with Crippen molar-refractivity contribution in [2.45, 2.75) is 44.2 Å². The fourth-order valence-corrected chi connectivity index (χ4v) is 7.21. The minimum atomic E-state index is -2.99. The Kier molecular flexibility index (Phi) is 8.73. The number of rotatable bonds is 8. The molecule has 1 saturated carbocycles. The number of halogens is 2. The molecule has 2 N–H and O–H groups in total. The lowest BCUT2D eigenvalue weighted by Gasteiger charge is -2.32. The molecule has 1 amide bonds. The number of imidazole rings is 1. The van der Waals surface area contributed by atoms with Crippen molar-refractivity contribution in [3.63, 3.8) is 0 Å². The zero-order valence-corrected chi connectivity index (χ0v) is 24.6. The molecule has 232 valence electrons. The average molecular weight is 619 g/mol. The number of benzene rings is 1. The second kappa shape index (κ2) is 12.7. The highest BCUT2D eigenvalue weighted by molar-refractivity contribution is 7.91. The van der Waals surface area contributed by atoms with Crippen LogP contribution in [0.2, 0.25) is 0 Å². The predicted octanol–water partition coefficient (Wildman–Crippen LogP) is 2.16. The van der Waals surface area contributed by atoms with Gasteiger partial charge in [0.15, 0.2) is 15.7 Å². The maximum Gasteiger partial charge on any atom is 0.296 e. The summed E-state index contributed by atoms with van der Waals surface area (Å²) in [6, 6.07) is 8.80. The van der Waals surface area contributed by atoms with Gasteiger partial charge in [0.25, 0.3) is 6.43 Å². The largest absolute Gasteiger partial charge is 0.378 e. The third-order valence-corrected chi connectivity index (χ3v) is 9.88. The number of nitrogens with zero attached hydrogens (tertiary/aromatic N) is 6. The molecule has 12 nitrogen and oxygen atoms in total. The van der Waals surface area contributed by atoms with E-state index in [4.69, 9.17) is 14.7 Å². The van der Waals surface area contributed by atoms with Crippen LogP contribution in [-0.4, -0.2) is 108 Å². The SMILES string of the molecule is O=C(CN1CCS(=O)(=O)CC1)NC1CCC(Nc2nc(N3CCOCC3)cc(-n3c(C(F)F)nc4ccccc43)n2)CC1. The third kappa shape index (κ3) is 7.04. The summed E-state index contributed by atoms with van der Waals surface area (Å²) in [5.74, 6) is 1.01. The number of nitrogens with one attached hydrogen (secondary N) is 2. The highest BCUT2D eigenvalue weighted by atomic mass is 32.2. The molecular weight excluding hydrogens is 582 g/mol. The molecular formula is C28H36F2N8O4S. The van der Waals surface area contributed by atoms with E-state index in [2.05, 4.69) is 20.5 Å². The van der Waals surface area contributed by atoms with E-state index in [-0.39, 0.29) is 41.9 Å². The van der Waals surface area contributed by atoms with Crippen molar-refractivity contribution >= 4 is 38.5 Å². The van der Waals surface area contributed by atoms with E-state index in [1.807, 2.05) is 4.90 Å². The zero-order valence-electron chi connectivity index (χ0n) is 23.8. The van der Waals surface area contributed by atoms with Crippen molar-refractivity contribution in [3.05, 3.63) is 36.2 Å². The first-order valence-corrected chi connectivity index (χ1v) is 16.5. The topological polar surface area (TPSA) is 135 Å². The first kappa shape index (κ1) is 29.6. The molecule has 6 rings (SSSR count). The number of hydrogen-bond acceptors (Lipinski definition) is 10. The lowest BCUT2D eigenvalue weighted by Crippen LogP contribution is -2.48. The molecule has 2 aliphatic heterocycles. The number of amides is 1. The van der Waals surface area contributed by atoms with E-state index < -0.39 is 16.3 Å². The lowest BCUT2D eigenvalue weighted by molar-refractivity contribution is -0.123. The number of carbonyl (C=O) groups excluding carboxylic acids is 1. The van der Waals surface area contributed by atoms with Gasteiger partial charge in [0, 0.05) is 44.3 Å². The normalized spacial score (nSPS) is 23.0. The first-order chi connectivity index (χ1) is 20.7. The van der Waals surface area contributed by atoms with Gasteiger partial charge in [0.05, 0.1) is 42.3 Å². The van der Waals surface area contributed by atoms with Crippen molar-refractivity contribution in [1.29, 1.82) is 0 Å². The molecule has 3 aliphatic rings. The smallest absolute Gasteiger partial charge is 0.296 e. The predicted molar refractivity (Wildman–Crippen MR) is 158 cm³/mol. The summed E-state index contributed by atoms with van der Waals surface area (Å²) in [4.78, 5) is 30.2. The number of ether oxygens (including phenoxy) is 1. The van der Waals surface area contributed by atoms with Gasteiger partial charge in [-0.3, -0.25) is 14.3 Å². The molecule has 0 atom stereocenters. The average Bonchev–Trinajstić information content (AvgIpc) is 3.40. The summed E-state index contributed by atoms with van der Waals surface area (Å²) < 4.78 is 58.5. The van der Waals surface area contributed by atoms with Gasteiger partial charge in [-0.1, -0.05) is 12.1 Å². The van der Waals surface area contributed by atoms with Crippen LogP contribution in [0.15, 0.2) is 30.3 Å². The molecule has 0 unspecified atom stereocenters.